The van der Waals surface area contributed by atoms with Crippen LogP contribution in [0, 0.1) is 0 Å². The number of rotatable bonds is 4. The van der Waals surface area contributed by atoms with Gasteiger partial charge in [0.15, 0.2) is 0 Å². The maximum absolute atomic E-state index is 5.87. The minimum absolute atomic E-state index is 0.365. The topological polar surface area (TPSA) is 9.23 Å². The lowest BCUT2D eigenvalue weighted by Gasteiger charge is -2.34. The van der Waals surface area contributed by atoms with Gasteiger partial charge in [-0.1, -0.05) is 29.0 Å². The van der Waals surface area contributed by atoms with Crippen molar-refractivity contribution in [2.24, 2.45) is 0 Å². The Bertz CT molecular complexity index is 124. The number of hydrogen-bond acceptors (Lipinski definition) is 1. The summed E-state index contributed by atoms with van der Waals surface area (Å²) in [6.45, 7) is 1.02. The van der Waals surface area contributed by atoms with E-state index in [-0.39, 0.29) is 0 Å². The Morgan fingerprint density at radius 1 is 1.33 bits per heavy atom. The molecule has 3 heteroatoms. The van der Waals surface area contributed by atoms with Crippen molar-refractivity contribution < 1.29 is 4.74 Å². The molecular weight excluding hydrogens is 279 g/mol. The summed E-state index contributed by atoms with van der Waals surface area (Å²) in [5, 5.41) is 0.365. The number of alkyl halides is 1. The van der Waals surface area contributed by atoms with Crippen molar-refractivity contribution in [2.45, 2.75) is 43.7 Å². The highest BCUT2D eigenvalue weighted by atomic mass is 127. The van der Waals surface area contributed by atoms with E-state index in [9.17, 15) is 0 Å². The van der Waals surface area contributed by atoms with Gasteiger partial charge in [0.1, 0.15) is 0 Å². The largest absolute Gasteiger partial charge is 0.380 e. The molecule has 0 aromatic heterocycles. The summed E-state index contributed by atoms with van der Waals surface area (Å²) in [5.74, 6) is 0. The van der Waals surface area contributed by atoms with Gasteiger partial charge in [0, 0.05) is 22.1 Å². The summed E-state index contributed by atoms with van der Waals surface area (Å²) in [4.78, 5) is 0. The molecule has 12 heavy (non-hydrogen) atoms. The molecule has 1 atom stereocenters. The lowest BCUT2D eigenvalue weighted by atomic mass is 10.0. The third-order valence-corrected chi connectivity index (χ3v) is 4.69. The molecule has 0 aromatic rings. The van der Waals surface area contributed by atoms with Gasteiger partial charge in [0.25, 0.3) is 0 Å². The molecule has 0 saturated carbocycles. The van der Waals surface area contributed by atoms with Crippen molar-refractivity contribution in [2.75, 3.05) is 11.0 Å². The molecule has 0 aliphatic carbocycles. The van der Waals surface area contributed by atoms with E-state index in [4.69, 9.17) is 4.74 Å². The maximum atomic E-state index is 5.87. The lowest BCUT2D eigenvalue weighted by molar-refractivity contribution is -0.0236. The SMILES string of the molecule is [SiH3]C1(CCCCI)CCCCO1. The minimum atomic E-state index is 0.365. The quantitative estimate of drug-likeness (QED) is 0.333. The zero-order valence-electron chi connectivity index (χ0n) is 7.94. The second kappa shape index (κ2) is 5.60. The van der Waals surface area contributed by atoms with Crippen LogP contribution in [-0.2, 0) is 4.74 Å². The van der Waals surface area contributed by atoms with E-state index in [1.54, 1.807) is 0 Å². The van der Waals surface area contributed by atoms with Crippen molar-refractivity contribution in [1.82, 2.24) is 0 Å². The van der Waals surface area contributed by atoms with Gasteiger partial charge in [0.05, 0.1) is 0 Å². The number of unbranched alkanes of at least 4 members (excludes halogenated alkanes) is 1. The van der Waals surface area contributed by atoms with E-state index in [1.165, 1.54) is 53.2 Å². The smallest absolute Gasteiger partial charge is 0.0486 e. The molecular formula is C9H19IOSi. The fourth-order valence-electron chi connectivity index (χ4n) is 1.78. The summed E-state index contributed by atoms with van der Waals surface area (Å²) in [5.41, 5.74) is 0. The Balaban J connectivity index is 2.17. The molecule has 1 nitrogen and oxygen atoms in total. The fourth-order valence-corrected chi connectivity index (χ4v) is 3.23. The summed E-state index contributed by atoms with van der Waals surface area (Å²) >= 11 is 2.46. The predicted octanol–water partition coefficient (Wildman–Crippen LogP) is 1.85. The van der Waals surface area contributed by atoms with Crippen molar-refractivity contribution >= 4 is 32.8 Å². The van der Waals surface area contributed by atoms with Gasteiger partial charge in [-0.3, -0.25) is 0 Å². The molecule has 72 valence electrons. The Kier molecular flexibility index (Phi) is 5.12. The van der Waals surface area contributed by atoms with Gasteiger partial charge in [0.2, 0.25) is 0 Å². The maximum Gasteiger partial charge on any atom is 0.0486 e. The highest BCUT2D eigenvalue weighted by molar-refractivity contribution is 14.1. The third-order valence-electron chi connectivity index (χ3n) is 2.64. The highest BCUT2D eigenvalue weighted by Crippen LogP contribution is 2.26. The van der Waals surface area contributed by atoms with Crippen molar-refractivity contribution in [3.63, 3.8) is 0 Å². The van der Waals surface area contributed by atoms with Crippen LogP contribution < -0.4 is 0 Å². The third kappa shape index (κ3) is 3.74. The zero-order chi connectivity index (χ0) is 8.86. The molecule has 1 fully saturated rings. The fraction of sp³-hybridized carbons (Fsp3) is 1.00. The second-order valence-electron chi connectivity index (χ2n) is 3.90. The Hall–Kier alpha value is 0.907. The summed E-state index contributed by atoms with van der Waals surface area (Å²) in [6, 6.07) is 0. The van der Waals surface area contributed by atoms with Crippen LogP contribution in [0.5, 0.6) is 0 Å². The lowest BCUT2D eigenvalue weighted by Crippen LogP contribution is -2.36. The van der Waals surface area contributed by atoms with Gasteiger partial charge in [-0.15, -0.1) is 0 Å². The molecule has 1 heterocycles. The average molecular weight is 298 g/mol. The van der Waals surface area contributed by atoms with Gasteiger partial charge in [-0.25, -0.2) is 0 Å². The number of ether oxygens (including phenoxy) is 1. The molecule has 0 aromatic carbocycles. The first-order valence-corrected chi connectivity index (χ1v) is 7.49. The monoisotopic (exact) mass is 298 g/mol. The van der Waals surface area contributed by atoms with E-state index in [2.05, 4.69) is 22.6 Å². The van der Waals surface area contributed by atoms with Gasteiger partial charge < -0.3 is 4.74 Å². The van der Waals surface area contributed by atoms with Gasteiger partial charge >= 0.3 is 0 Å². The Morgan fingerprint density at radius 2 is 2.17 bits per heavy atom. The average Bonchev–Trinajstić information content (AvgIpc) is 2.06. The molecule has 0 amide bonds. The van der Waals surface area contributed by atoms with Crippen LogP contribution >= 0.6 is 22.6 Å². The summed E-state index contributed by atoms with van der Waals surface area (Å²) in [6.07, 6.45) is 8.08. The Morgan fingerprint density at radius 3 is 2.75 bits per heavy atom. The van der Waals surface area contributed by atoms with Crippen LogP contribution in [0.25, 0.3) is 0 Å². The van der Waals surface area contributed by atoms with Crippen molar-refractivity contribution in [3.05, 3.63) is 0 Å². The zero-order valence-corrected chi connectivity index (χ0v) is 12.1. The van der Waals surface area contributed by atoms with Crippen LogP contribution in [0.2, 0.25) is 0 Å². The van der Waals surface area contributed by atoms with Crippen molar-refractivity contribution in [1.29, 1.82) is 0 Å². The van der Waals surface area contributed by atoms with E-state index < -0.39 is 0 Å². The Labute approximate surface area is 92.2 Å². The second-order valence-corrected chi connectivity index (χ2v) is 6.80. The first-order valence-electron chi connectivity index (χ1n) is 4.97. The standard InChI is InChI=1S/C9H19IOSi/c10-7-3-1-5-9(12)6-2-4-8-11-9/h1-8H2,12H3. The van der Waals surface area contributed by atoms with E-state index in [0.717, 1.165) is 6.61 Å². The van der Waals surface area contributed by atoms with Crippen LogP contribution in [0.4, 0.5) is 0 Å². The van der Waals surface area contributed by atoms with Gasteiger partial charge in [-0.05, 0) is 36.5 Å². The van der Waals surface area contributed by atoms with E-state index in [0.29, 0.717) is 5.22 Å². The minimum Gasteiger partial charge on any atom is -0.380 e. The van der Waals surface area contributed by atoms with Crippen LogP contribution in [0.1, 0.15) is 38.5 Å². The molecule has 0 N–H and O–H groups in total. The predicted molar refractivity (Wildman–Crippen MR) is 65.2 cm³/mol. The molecule has 1 aliphatic rings. The van der Waals surface area contributed by atoms with E-state index >= 15 is 0 Å². The molecule has 1 rings (SSSR count). The molecule has 1 saturated heterocycles. The highest BCUT2D eigenvalue weighted by Gasteiger charge is 2.26. The first-order chi connectivity index (χ1) is 5.77. The summed E-state index contributed by atoms with van der Waals surface area (Å²) < 4.78 is 7.17. The number of halogens is 1. The normalized spacial score (nSPS) is 30.8. The summed E-state index contributed by atoms with van der Waals surface area (Å²) in [7, 11) is 1.22. The number of hydrogen-bond donors (Lipinski definition) is 0. The van der Waals surface area contributed by atoms with Crippen LogP contribution in [0.3, 0.4) is 0 Å². The molecule has 0 bridgehead atoms. The molecule has 1 unspecified atom stereocenters. The molecule has 0 spiro atoms. The molecule has 1 aliphatic heterocycles. The van der Waals surface area contributed by atoms with Crippen LogP contribution in [-0.4, -0.2) is 26.5 Å². The van der Waals surface area contributed by atoms with Gasteiger partial charge in [-0.2, -0.15) is 0 Å². The van der Waals surface area contributed by atoms with E-state index in [1.807, 2.05) is 0 Å². The first kappa shape index (κ1) is 11.0. The molecule has 0 radical (unpaired) electrons. The van der Waals surface area contributed by atoms with Crippen LogP contribution in [0.15, 0.2) is 0 Å². The van der Waals surface area contributed by atoms with Crippen molar-refractivity contribution in [3.8, 4) is 0 Å².